The van der Waals surface area contributed by atoms with Crippen molar-refractivity contribution in [1.82, 2.24) is 0 Å². The molecule has 0 saturated carbocycles. The first-order valence-corrected chi connectivity index (χ1v) is 6.27. The number of unbranched alkanes of at least 4 members (excludes halogenated alkanes) is 5. The molecule has 0 aromatic rings. The van der Waals surface area contributed by atoms with E-state index in [1.54, 1.807) is 0 Å². The van der Waals surface area contributed by atoms with E-state index in [1.807, 2.05) is 25.2 Å². The van der Waals surface area contributed by atoms with Crippen molar-refractivity contribution in [2.24, 2.45) is 0 Å². The van der Waals surface area contributed by atoms with Crippen LogP contribution in [0.5, 0.6) is 0 Å². The molecule has 0 rings (SSSR count). The van der Waals surface area contributed by atoms with Crippen LogP contribution in [0.3, 0.4) is 0 Å². The number of allylic oxidation sites excluding steroid dienone is 5. The summed E-state index contributed by atoms with van der Waals surface area (Å²) in [5.41, 5.74) is 0. The first kappa shape index (κ1) is 17.4. The highest BCUT2D eigenvalue weighted by molar-refractivity contribution is 4.78. The van der Waals surface area contributed by atoms with Gasteiger partial charge in [-0.15, -0.1) is 19.7 Å². The van der Waals surface area contributed by atoms with Crippen molar-refractivity contribution >= 4 is 0 Å². The molecule has 0 heteroatoms. The molecule has 0 atom stereocenters. The molecule has 0 fully saturated rings. The summed E-state index contributed by atoms with van der Waals surface area (Å²) in [6.45, 7) is 12.9. The minimum Gasteiger partial charge on any atom is -0.103 e. The molecule has 0 aromatic heterocycles. The normalized spacial score (nSPS) is 9.31. The van der Waals surface area contributed by atoms with Crippen LogP contribution in [0, 0.1) is 0 Å². The highest BCUT2D eigenvalue weighted by Crippen LogP contribution is 1.99. The van der Waals surface area contributed by atoms with Crippen molar-refractivity contribution in [2.45, 2.75) is 51.9 Å². The first-order chi connectivity index (χ1) is 7.83. The topological polar surface area (TPSA) is 0 Å². The van der Waals surface area contributed by atoms with E-state index in [1.165, 1.54) is 25.7 Å². The standard InChI is InChI=1S/2C8H14/c2*1-3-5-7-8-6-4-2/h3-4,6H,1,5,7-8H2,2H3;3-4H,1-2,5-8H2. The molecule has 0 nitrogen and oxygen atoms in total. The predicted octanol–water partition coefficient (Wildman–Crippen LogP) is 5.84. The third-order valence-corrected chi connectivity index (χ3v) is 2.08. The SMILES string of the molecule is C=CCCCC=CC.C=CCCCCC=C. The molecule has 0 amide bonds. The van der Waals surface area contributed by atoms with Gasteiger partial charge in [0.25, 0.3) is 0 Å². The molecule has 0 spiro atoms. The monoisotopic (exact) mass is 220 g/mol. The molecule has 0 N–H and O–H groups in total. The highest BCUT2D eigenvalue weighted by Gasteiger charge is 1.79. The molecule has 0 aliphatic carbocycles. The number of hydrogen-bond donors (Lipinski definition) is 0. The molecule has 0 radical (unpaired) electrons. The van der Waals surface area contributed by atoms with Gasteiger partial charge in [-0.05, 0) is 51.9 Å². The van der Waals surface area contributed by atoms with Crippen LogP contribution in [0.15, 0.2) is 50.1 Å². The summed E-state index contributed by atoms with van der Waals surface area (Å²) in [6.07, 6.45) is 18.6. The second-order valence-electron chi connectivity index (χ2n) is 3.65. The van der Waals surface area contributed by atoms with Crippen molar-refractivity contribution in [3.05, 3.63) is 50.1 Å². The van der Waals surface area contributed by atoms with E-state index in [9.17, 15) is 0 Å². The van der Waals surface area contributed by atoms with Crippen LogP contribution in [-0.4, -0.2) is 0 Å². The van der Waals surface area contributed by atoms with Gasteiger partial charge in [0.1, 0.15) is 0 Å². The molecule has 92 valence electrons. The number of hydrogen-bond acceptors (Lipinski definition) is 0. The summed E-state index contributed by atoms with van der Waals surface area (Å²) in [6, 6.07) is 0. The van der Waals surface area contributed by atoms with E-state index in [2.05, 4.69) is 31.9 Å². The van der Waals surface area contributed by atoms with Crippen LogP contribution in [0.2, 0.25) is 0 Å². The largest absolute Gasteiger partial charge is 0.103 e. The van der Waals surface area contributed by atoms with E-state index in [-0.39, 0.29) is 0 Å². The zero-order valence-electron chi connectivity index (χ0n) is 11.0. The van der Waals surface area contributed by atoms with E-state index < -0.39 is 0 Å². The summed E-state index contributed by atoms with van der Waals surface area (Å²) in [4.78, 5) is 0. The van der Waals surface area contributed by atoms with Crippen LogP contribution >= 0.6 is 0 Å². The van der Waals surface area contributed by atoms with E-state index >= 15 is 0 Å². The summed E-state index contributed by atoms with van der Waals surface area (Å²) < 4.78 is 0. The molecule has 0 aliphatic rings. The van der Waals surface area contributed by atoms with Gasteiger partial charge in [-0.25, -0.2) is 0 Å². The van der Waals surface area contributed by atoms with Gasteiger partial charge < -0.3 is 0 Å². The predicted molar refractivity (Wildman–Crippen MR) is 77.7 cm³/mol. The molecule has 0 unspecified atom stereocenters. The Bertz CT molecular complexity index is 164. The van der Waals surface area contributed by atoms with E-state index in [0.717, 1.165) is 19.3 Å². The molecule has 0 aliphatic heterocycles. The van der Waals surface area contributed by atoms with Crippen molar-refractivity contribution in [2.75, 3.05) is 0 Å². The van der Waals surface area contributed by atoms with E-state index in [0.29, 0.717) is 0 Å². The third kappa shape index (κ3) is 23.1. The molecule has 0 aromatic carbocycles. The second-order valence-corrected chi connectivity index (χ2v) is 3.65. The van der Waals surface area contributed by atoms with Crippen LogP contribution in [0.4, 0.5) is 0 Å². The lowest BCUT2D eigenvalue weighted by atomic mass is 10.2. The third-order valence-electron chi connectivity index (χ3n) is 2.08. The maximum absolute atomic E-state index is 3.63. The average molecular weight is 220 g/mol. The van der Waals surface area contributed by atoms with Gasteiger partial charge in [-0.3, -0.25) is 0 Å². The van der Waals surface area contributed by atoms with Crippen molar-refractivity contribution in [1.29, 1.82) is 0 Å². The summed E-state index contributed by atoms with van der Waals surface area (Å²) in [5.74, 6) is 0. The Hall–Kier alpha value is -1.04. The molecule has 0 saturated heterocycles. The molecule has 0 heterocycles. The molecular formula is C16H28. The lowest BCUT2D eigenvalue weighted by Crippen LogP contribution is -1.69. The Balaban J connectivity index is 0. The Labute approximate surface area is 102 Å². The van der Waals surface area contributed by atoms with Crippen molar-refractivity contribution < 1.29 is 0 Å². The van der Waals surface area contributed by atoms with Gasteiger partial charge in [0.2, 0.25) is 0 Å². The second kappa shape index (κ2) is 19.5. The van der Waals surface area contributed by atoms with Gasteiger partial charge in [0.05, 0.1) is 0 Å². The fraction of sp³-hybridized carbons (Fsp3) is 0.500. The average Bonchev–Trinajstić information content (AvgIpc) is 2.31. The summed E-state index contributed by atoms with van der Waals surface area (Å²) >= 11 is 0. The minimum absolute atomic E-state index is 1.14. The fourth-order valence-electron chi connectivity index (χ4n) is 1.12. The molecule has 0 bridgehead atoms. The van der Waals surface area contributed by atoms with Gasteiger partial charge in [0, 0.05) is 0 Å². The van der Waals surface area contributed by atoms with Crippen LogP contribution in [0.1, 0.15) is 51.9 Å². The zero-order chi connectivity index (χ0) is 12.5. The summed E-state index contributed by atoms with van der Waals surface area (Å²) in [5, 5.41) is 0. The minimum atomic E-state index is 1.14. The van der Waals surface area contributed by atoms with Crippen LogP contribution < -0.4 is 0 Å². The van der Waals surface area contributed by atoms with Gasteiger partial charge in [-0.2, -0.15) is 0 Å². The Kier molecular flexibility index (Phi) is 21.2. The zero-order valence-corrected chi connectivity index (χ0v) is 11.0. The van der Waals surface area contributed by atoms with Crippen molar-refractivity contribution in [3.63, 3.8) is 0 Å². The maximum Gasteiger partial charge on any atom is -0.0348 e. The Morgan fingerprint density at radius 2 is 1.12 bits per heavy atom. The van der Waals surface area contributed by atoms with E-state index in [4.69, 9.17) is 0 Å². The first-order valence-electron chi connectivity index (χ1n) is 6.27. The quantitative estimate of drug-likeness (QED) is 0.338. The lowest BCUT2D eigenvalue weighted by Gasteiger charge is -1.89. The van der Waals surface area contributed by atoms with Crippen LogP contribution in [0.25, 0.3) is 0 Å². The van der Waals surface area contributed by atoms with Gasteiger partial charge >= 0.3 is 0 Å². The Morgan fingerprint density at radius 1 is 0.688 bits per heavy atom. The molecular weight excluding hydrogens is 192 g/mol. The van der Waals surface area contributed by atoms with Crippen molar-refractivity contribution in [3.8, 4) is 0 Å². The number of rotatable bonds is 9. The van der Waals surface area contributed by atoms with Gasteiger partial charge in [0.15, 0.2) is 0 Å². The fourth-order valence-corrected chi connectivity index (χ4v) is 1.12. The molecule has 16 heavy (non-hydrogen) atoms. The lowest BCUT2D eigenvalue weighted by molar-refractivity contribution is 0.764. The summed E-state index contributed by atoms with van der Waals surface area (Å²) in [7, 11) is 0. The highest BCUT2D eigenvalue weighted by atomic mass is 13.9. The van der Waals surface area contributed by atoms with Gasteiger partial charge in [-0.1, -0.05) is 30.4 Å². The Morgan fingerprint density at radius 3 is 1.50 bits per heavy atom. The maximum atomic E-state index is 3.63. The van der Waals surface area contributed by atoms with Crippen LogP contribution in [-0.2, 0) is 0 Å². The smallest absolute Gasteiger partial charge is 0.0348 e.